The predicted octanol–water partition coefficient (Wildman–Crippen LogP) is 2.96. The highest BCUT2D eigenvalue weighted by Gasteiger charge is 2.30. The summed E-state index contributed by atoms with van der Waals surface area (Å²) in [6.07, 6.45) is 4.12. The van der Waals surface area contributed by atoms with E-state index in [-0.39, 0.29) is 0 Å². The Kier molecular flexibility index (Phi) is 2.72. The molecular formula is C15H21N. The van der Waals surface area contributed by atoms with E-state index in [0.29, 0.717) is 0 Å². The van der Waals surface area contributed by atoms with Gasteiger partial charge >= 0.3 is 0 Å². The fourth-order valence-corrected chi connectivity index (χ4v) is 3.36. The maximum atomic E-state index is 3.49. The highest BCUT2D eigenvalue weighted by Crippen LogP contribution is 2.41. The quantitative estimate of drug-likeness (QED) is 0.800. The summed E-state index contributed by atoms with van der Waals surface area (Å²) in [5.41, 5.74) is 3.22. The van der Waals surface area contributed by atoms with Crippen LogP contribution in [0.15, 0.2) is 24.3 Å². The number of piperidine rings is 1. The largest absolute Gasteiger partial charge is 0.316 e. The van der Waals surface area contributed by atoms with Gasteiger partial charge in [0.2, 0.25) is 0 Å². The van der Waals surface area contributed by atoms with Crippen molar-refractivity contribution in [2.24, 2.45) is 11.8 Å². The van der Waals surface area contributed by atoms with Crippen molar-refractivity contribution in [3.05, 3.63) is 35.4 Å². The van der Waals surface area contributed by atoms with E-state index in [1.807, 2.05) is 0 Å². The number of fused-ring (bicyclic) bond motifs is 1. The molecule has 0 spiro atoms. The van der Waals surface area contributed by atoms with Crippen LogP contribution in [0.5, 0.6) is 0 Å². The Labute approximate surface area is 98.3 Å². The molecule has 1 nitrogen and oxygen atoms in total. The molecule has 86 valence electrons. The van der Waals surface area contributed by atoms with E-state index >= 15 is 0 Å². The van der Waals surface area contributed by atoms with Crippen LogP contribution in [0.2, 0.25) is 0 Å². The molecule has 3 atom stereocenters. The Morgan fingerprint density at radius 1 is 1.31 bits per heavy atom. The van der Waals surface area contributed by atoms with Gasteiger partial charge in [0.15, 0.2) is 0 Å². The Bertz CT molecular complexity index is 371. The maximum Gasteiger partial charge on any atom is -0.00205 e. The molecule has 0 saturated carbocycles. The molecule has 1 N–H and O–H groups in total. The zero-order valence-electron chi connectivity index (χ0n) is 10.1. The average Bonchev–Trinajstić information content (AvgIpc) is 2.28. The van der Waals surface area contributed by atoms with Crippen LogP contribution in [-0.4, -0.2) is 13.1 Å². The van der Waals surface area contributed by atoms with Crippen molar-refractivity contribution < 1.29 is 0 Å². The van der Waals surface area contributed by atoms with Gasteiger partial charge in [0.05, 0.1) is 0 Å². The Balaban J connectivity index is 1.65. The molecule has 3 rings (SSSR count). The summed E-state index contributed by atoms with van der Waals surface area (Å²) in [6, 6.07) is 8.98. The molecule has 1 aromatic carbocycles. The lowest BCUT2D eigenvalue weighted by Crippen LogP contribution is -2.36. The smallest absolute Gasteiger partial charge is 0.00205 e. The predicted molar refractivity (Wildman–Crippen MR) is 67.6 cm³/mol. The van der Waals surface area contributed by atoms with Gasteiger partial charge in [0, 0.05) is 0 Å². The summed E-state index contributed by atoms with van der Waals surface area (Å²) < 4.78 is 0. The number of hydrogen-bond acceptors (Lipinski definition) is 1. The topological polar surface area (TPSA) is 12.0 Å². The fourth-order valence-electron chi connectivity index (χ4n) is 3.36. The molecule has 0 bridgehead atoms. The van der Waals surface area contributed by atoms with Crippen molar-refractivity contribution in [3.63, 3.8) is 0 Å². The van der Waals surface area contributed by atoms with Gasteiger partial charge in [-0.3, -0.25) is 0 Å². The molecule has 1 saturated heterocycles. The Morgan fingerprint density at radius 2 is 2.19 bits per heavy atom. The standard InChI is InChI=1S/C15H21N/c1-11-10-16-7-6-12(11)8-14-9-13-4-2-3-5-15(13)14/h2-5,11-12,14,16H,6-10H2,1H3. The van der Waals surface area contributed by atoms with Crippen LogP contribution in [0, 0.1) is 11.8 Å². The van der Waals surface area contributed by atoms with E-state index in [0.717, 1.165) is 17.8 Å². The van der Waals surface area contributed by atoms with E-state index in [4.69, 9.17) is 0 Å². The van der Waals surface area contributed by atoms with E-state index < -0.39 is 0 Å². The van der Waals surface area contributed by atoms with Crippen molar-refractivity contribution in [2.75, 3.05) is 13.1 Å². The van der Waals surface area contributed by atoms with Gasteiger partial charge in [-0.05, 0) is 61.2 Å². The van der Waals surface area contributed by atoms with E-state index in [1.54, 1.807) is 11.1 Å². The van der Waals surface area contributed by atoms with Gasteiger partial charge < -0.3 is 5.32 Å². The van der Waals surface area contributed by atoms with Crippen LogP contribution in [0.1, 0.15) is 36.8 Å². The van der Waals surface area contributed by atoms with E-state index in [1.165, 1.54) is 32.4 Å². The lowest BCUT2D eigenvalue weighted by atomic mass is 9.70. The molecule has 1 aliphatic heterocycles. The third-order valence-corrected chi connectivity index (χ3v) is 4.51. The first-order valence-electron chi connectivity index (χ1n) is 6.63. The third-order valence-electron chi connectivity index (χ3n) is 4.51. The van der Waals surface area contributed by atoms with Gasteiger partial charge in [-0.25, -0.2) is 0 Å². The number of benzene rings is 1. The van der Waals surface area contributed by atoms with Crippen molar-refractivity contribution >= 4 is 0 Å². The average molecular weight is 215 g/mol. The summed E-state index contributed by atoms with van der Waals surface area (Å²) >= 11 is 0. The second kappa shape index (κ2) is 4.21. The zero-order valence-corrected chi connectivity index (χ0v) is 10.1. The minimum absolute atomic E-state index is 0.863. The second-order valence-corrected chi connectivity index (χ2v) is 5.57. The molecule has 3 unspecified atom stereocenters. The maximum absolute atomic E-state index is 3.49. The molecule has 1 heterocycles. The molecule has 1 heteroatoms. The molecule has 1 fully saturated rings. The van der Waals surface area contributed by atoms with Gasteiger partial charge in [-0.2, -0.15) is 0 Å². The minimum atomic E-state index is 0.863. The second-order valence-electron chi connectivity index (χ2n) is 5.57. The molecule has 0 amide bonds. The molecule has 1 aliphatic carbocycles. The SMILES string of the molecule is CC1CNCCC1CC1Cc2ccccc21. The van der Waals surface area contributed by atoms with Crippen molar-refractivity contribution in [2.45, 2.75) is 32.1 Å². The summed E-state index contributed by atoms with van der Waals surface area (Å²) in [5, 5.41) is 3.49. The molecule has 0 aromatic heterocycles. The van der Waals surface area contributed by atoms with Gasteiger partial charge in [-0.1, -0.05) is 31.2 Å². The molecule has 2 aliphatic rings. The molecule has 16 heavy (non-hydrogen) atoms. The van der Waals surface area contributed by atoms with Crippen LogP contribution in [0.3, 0.4) is 0 Å². The molecular weight excluding hydrogens is 194 g/mol. The lowest BCUT2D eigenvalue weighted by molar-refractivity contribution is 0.238. The van der Waals surface area contributed by atoms with Crippen molar-refractivity contribution in [1.82, 2.24) is 5.32 Å². The summed E-state index contributed by atoms with van der Waals surface area (Å²) in [6.45, 7) is 4.85. The number of hydrogen-bond donors (Lipinski definition) is 1. The van der Waals surface area contributed by atoms with Gasteiger partial charge in [0.1, 0.15) is 0 Å². The number of rotatable bonds is 2. The fraction of sp³-hybridized carbons (Fsp3) is 0.600. The first-order chi connectivity index (χ1) is 7.84. The van der Waals surface area contributed by atoms with E-state index in [9.17, 15) is 0 Å². The number of nitrogens with one attached hydrogen (secondary N) is 1. The van der Waals surface area contributed by atoms with E-state index in [2.05, 4.69) is 36.5 Å². The molecule has 1 aromatic rings. The summed E-state index contributed by atoms with van der Waals surface area (Å²) in [4.78, 5) is 0. The van der Waals surface area contributed by atoms with Crippen molar-refractivity contribution in [1.29, 1.82) is 0 Å². The van der Waals surface area contributed by atoms with Gasteiger partial charge in [-0.15, -0.1) is 0 Å². The molecule has 0 radical (unpaired) electrons. The highest BCUT2D eigenvalue weighted by molar-refractivity contribution is 5.39. The third kappa shape index (κ3) is 1.78. The van der Waals surface area contributed by atoms with Crippen LogP contribution >= 0.6 is 0 Å². The van der Waals surface area contributed by atoms with Crippen LogP contribution in [0.25, 0.3) is 0 Å². The minimum Gasteiger partial charge on any atom is -0.316 e. The normalized spacial score (nSPS) is 32.9. The van der Waals surface area contributed by atoms with Crippen molar-refractivity contribution in [3.8, 4) is 0 Å². The van der Waals surface area contributed by atoms with Crippen LogP contribution in [0.4, 0.5) is 0 Å². The Morgan fingerprint density at radius 3 is 3.00 bits per heavy atom. The Hall–Kier alpha value is -0.820. The lowest BCUT2D eigenvalue weighted by Gasteiger charge is -2.37. The first kappa shape index (κ1) is 10.3. The van der Waals surface area contributed by atoms with Crippen LogP contribution < -0.4 is 5.32 Å². The highest BCUT2D eigenvalue weighted by atomic mass is 14.9. The zero-order chi connectivity index (χ0) is 11.0. The summed E-state index contributed by atoms with van der Waals surface area (Å²) in [5.74, 6) is 2.67. The van der Waals surface area contributed by atoms with Crippen LogP contribution in [-0.2, 0) is 6.42 Å². The van der Waals surface area contributed by atoms with Gasteiger partial charge in [0.25, 0.3) is 0 Å². The monoisotopic (exact) mass is 215 g/mol. The summed E-state index contributed by atoms with van der Waals surface area (Å²) in [7, 11) is 0. The first-order valence-corrected chi connectivity index (χ1v) is 6.63.